The number of aliphatic hydroxyl groups is 1. The monoisotopic (exact) mass is 468 g/mol. The normalized spacial score (nSPS) is 18.1. The van der Waals surface area contributed by atoms with Crippen LogP contribution in [0.1, 0.15) is 22.9 Å². The van der Waals surface area contributed by atoms with E-state index >= 15 is 0 Å². The summed E-state index contributed by atoms with van der Waals surface area (Å²) in [4.78, 5) is 27.3. The maximum absolute atomic E-state index is 13.0. The first kappa shape index (κ1) is 19.9. The van der Waals surface area contributed by atoms with Crippen molar-refractivity contribution in [1.29, 1.82) is 0 Å². The van der Waals surface area contributed by atoms with E-state index in [1.54, 1.807) is 61.5 Å². The Kier molecular flexibility index (Phi) is 5.17. The number of aromatic nitrogens is 1. The van der Waals surface area contributed by atoms with Crippen LogP contribution in [-0.4, -0.2) is 29.1 Å². The molecule has 0 aliphatic carbocycles. The highest BCUT2D eigenvalue weighted by molar-refractivity contribution is 9.10. The van der Waals surface area contributed by atoms with Gasteiger partial charge in [-0.1, -0.05) is 51.4 Å². The number of ketones is 1. The van der Waals surface area contributed by atoms with E-state index in [1.165, 1.54) is 12.0 Å². The molecule has 0 saturated carbocycles. The number of benzene rings is 2. The fraction of sp³-hybridized carbons (Fsp3) is 0.136. The molecule has 2 heterocycles. The molecule has 1 aliphatic rings. The van der Waals surface area contributed by atoms with Crippen molar-refractivity contribution in [3.05, 3.63) is 81.5 Å². The molecule has 1 fully saturated rings. The van der Waals surface area contributed by atoms with Gasteiger partial charge in [-0.15, -0.1) is 0 Å². The van der Waals surface area contributed by atoms with E-state index in [4.69, 9.17) is 9.26 Å². The number of amides is 1. The van der Waals surface area contributed by atoms with Gasteiger partial charge in [-0.25, -0.2) is 0 Å². The Morgan fingerprint density at radius 2 is 1.87 bits per heavy atom. The summed E-state index contributed by atoms with van der Waals surface area (Å²) in [5.41, 5.74) is 0.901. The predicted octanol–water partition coefficient (Wildman–Crippen LogP) is 4.38. The third kappa shape index (κ3) is 3.29. The van der Waals surface area contributed by atoms with E-state index < -0.39 is 17.7 Å². The average molecular weight is 469 g/mol. The van der Waals surface area contributed by atoms with Gasteiger partial charge in [0.1, 0.15) is 23.3 Å². The number of anilines is 1. The minimum absolute atomic E-state index is 0.0486. The maximum Gasteiger partial charge on any atom is 0.301 e. The highest BCUT2D eigenvalue weighted by atomic mass is 79.9. The highest BCUT2D eigenvalue weighted by Gasteiger charge is 2.49. The number of methoxy groups -OCH3 is 1. The van der Waals surface area contributed by atoms with Gasteiger partial charge in [0, 0.05) is 21.7 Å². The number of para-hydroxylation sites is 1. The van der Waals surface area contributed by atoms with Crippen molar-refractivity contribution >= 4 is 39.2 Å². The highest BCUT2D eigenvalue weighted by Crippen LogP contribution is 2.44. The smallest absolute Gasteiger partial charge is 0.301 e. The lowest BCUT2D eigenvalue weighted by atomic mass is 9.94. The molecule has 0 radical (unpaired) electrons. The number of hydrogen-bond donors (Lipinski definition) is 1. The number of carbonyl (C=O) groups is 2. The second-order valence-electron chi connectivity index (χ2n) is 6.71. The third-order valence-electron chi connectivity index (χ3n) is 4.86. The van der Waals surface area contributed by atoms with Crippen LogP contribution in [0, 0.1) is 6.92 Å². The van der Waals surface area contributed by atoms with Gasteiger partial charge in [-0.05, 0) is 25.1 Å². The number of aliphatic hydroxyl groups excluding tert-OH is 1. The van der Waals surface area contributed by atoms with Crippen LogP contribution in [0.2, 0.25) is 0 Å². The molecule has 1 atom stereocenters. The van der Waals surface area contributed by atoms with Crippen LogP contribution in [-0.2, 0) is 9.59 Å². The van der Waals surface area contributed by atoms with E-state index in [9.17, 15) is 14.7 Å². The second kappa shape index (κ2) is 7.79. The number of halogens is 1. The first-order valence-corrected chi connectivity index (χ1v) is 9.85. The molecule has 3 aromatic rings. The molecule has 1 aromatic heterocycles. The topological polar surface area (TPSA) is 92.9 Å². The lowest BCUT2D eigenvalue weighted by molar-refractivity contribution is -0.132. The van der Waals surface area contributed by atoms with E-state index in [0.717, 1.165) is 4.47 Å². The van der Waals surface area contributed by atoms with Crippen LogP contribution in [0.3, 0.4) is 0 Å². The van der Waals surface area contributed by atoms with Crippen LogP contribution in [0.25, 0.3) is 5.76 Å². The average Bonchev–Trinajstić information content (AvgIpc) is 3.29. The van der Waals surface area contributed by atoms with Gasteiger partial charge in [-0.2, -0.15) is 0 Å². The minimum Gasteiger partial charge on any atom is -0.507 e. The van der Waals surface area contributed by atoms with Gasteiger partial charge >= 0.3 is 5.91 Å². The summed E-state index contributed by atoms with van der Waals surface area (Å²) in [5, 5.41) is 15.0. The molecule has 7 nitrogen and oxygen atoms in total. The third-order valence-corrected chi connectivity index (χ3v) is 5.39. The van der Waals surface area contributed by atoms with Gasteiger partial charge < -0.3 is 14.4 Å². The molecule has 4 rings (SSSR count). The molecule has 1 aliphatic heterocycles. The minimum atomic E-state index is -0.936. The molecule has 0 spiro atoms. The summed E-state index contributed by atoms with van der Waals surface area (Å²) in [5.74, 6) is -0.764. The van der Waals surface area contributed by atoms with Crippen molar-refractivity contribution < 1.29 is 24.0 Å². The molecule has 1 amide bonds. The predicted molar refractivity (Wildman–Crippen MR) is 113 cm³/mol. The Bertz CT molecular complexity index is 1170. The Balaban J connectivity index is 1.98. The first-order valence-electron chi connectivity index (χ1n) is 9.05. The van der Waals surface area contributed by atoms with Crippen LogP contribution >= 0.6 is 15.9 Å². The quantitative estimate of drug-likeness (QED) is 0.347. The van der Waals surface area contributed by atoms with E-state index in [-0.39, 0.29) is 17.2 Å². The Hall–Kier alpha value is -3.39. The number of ether oxygens (including phenoxy) is 1. The van der Waals surface area contributed by atoms with Crippen molar-refractivity contribution in [3.8, 4) is 5.75 Å². The number of rotatable bonds is 4. The van der Waals surface area contributed by atoms with Crippen molar-refractivity contribution in [2.24, 2.45) is 0 Å². The molecule has 0 unspecified atom stereocenters. The van der Waals surface area contributed by atoms with E-state index in [1.807, 2.05) is 0 Å². The maximum atomic E-state index is 13.0. The second-order valence-corrected chi connectivity index (χ2v) is 7.63. The summed E-state index contributed by atoms with van der Waals surface area (Å²) in [6.07, 6.45) is 0. The van der Waals surface area contributed by atoms with Crippen LogP contribution in [0.5, 0.6) is 5.75 Å². The molecule has 0 bridgehead atoms. The molecule has 1 N–H and O–H groups in total. The Morgan fingerprint density at radius 1 is 1.17 bits per heavy atom. The van der Waals surface area contributed by atoms with Gasteiger partial charge in [0.25, 0.3) is 5.78 Å². The number of nitrogens with zero attached hydrogens (tertiary/aromatic N) is 2. The van der Waals surface area contributed by atoms with Gasteiger partial charge in [-0.3, -0.25) is 14.5 Å². The summed E-state index contributed by atoms with van der Waals surface area (Å²) in [6, 6.07) is 14.4. The molecular formula is C22H17BrN2O5. The zero-order chi connectivity index (χ0) is 21.4. The van der Waals surface area contributed by atoms with Gasteiger partial charge in [0.2, 0.25) is 0 Å². The first-order chi connectivity index (χ1) is 14.4. The zero-order valence-corrected chi connectivity index (χ0v) is 17.7. The summed E-state index contributed by atoms with van der Waals surface area (Å²) in [7, 11) is 1.50. The number of Topliss-reactive ketones (excluding diaryl/α,β-unsaturated/α-hetero) is 1. The van der Waals surface area contributed by atoms with E-state index in [2.05, 4.69) is 21.1 Å². The van der Waals surface area contributed by atoms with Gasteiger partial charge in [0.15, 0.2) is 5.82 Å². The Morgan fingerprint density at radius 3 is 2.50 bits per heavy atom. The fourth-order valence-corrected chi connectivity index (χ4v) is 3.75. The van der Waals surface area contributed by atoms with Crippen LogP contribution < -0.4 is 9.64 Å². The molecule has 2 aromatic carbocycles. The SMILES string of the molecule is COc1ccccc1[C@H]1C(=C(O)c2ccc(Br)cc2)C(=O)C(=O)N1c1cc(C)on1. The lowest BCUT2D eigenvalue weighted by Crippen LogP contribution is -2.29. The largest absolute Gasteiger partial charge is 0.507 e. The van der Waals surface area contributed by atoms with Crippen LogP contribution in [0.4, 0.5) is 5.82 Å². The van der Waals surface area contributed by atoms with Crippen molar-refractivity contribution in [3.63, 3.8) is 0 Å². The number of aryl methyl sites for hydroxylation is 1. The Labute approximate surface area is 180 Å². The zero-order valence-electron chi connectivity index (χ0n) is 16.1. The van der Waals surface area contributed by atoms with Crippen molar-refractivity contribution in [1.82, 2.24) is 5.16 Å². The van der Waals surface area contributed by atoms with Gasteiger partial charge in [0.05, 0.1) is 12.7 Å². The summed E-state index contributed by atoms with van der Waals surface area (Å²) >= 11 is 3.35. The fourth-order valence-electron chi connectivity index (χ4n) is 3.49. The van der Waals surface area contributed by atoms with E-state index in [0.29, 0.717) is 22.6 Å². The van der Waals surface area contributed by atoms with Crippen molar-refractivity contribution in [2.75, 3.05) is 12.0 Å². The van der Waals surface area contributed by atoms with Crippen molar-refractivity contribution in [2.45, 2.75) is 13.0 Å². The standard InChI is InChI=1S/C22H17BrN2O5/c1-12-11-17(24-30-12)25-19(15-5-3-4-6-16(15)29-2)18(21(27)22(25)28)20(26)13-7-9-14(23)10-8-13/h3-11,19,26H,1-2H3/t19-/m0/s1. The summed E-state index contributed by atoms with van der Waals surface area (Å²) < 4.78 is 11.4. The number of hydrogen-bond acceptors (Lipinski definition) is 6. The summed E-state index contributed by atoms with van der Waals surface area (Å²) in [6.45, 7) is 1.69. The number of carbonyl (C=O) groups excluding carboxylic acids is 2. The molecular weight excluding hydrogens is 452 g/mol. The molecule has 30 heavy (non-hydrogen) atoms. The lowest BCUT2D eigenvalue weighted by Gasteiger charge is -2.24. The molecule has 1 saturated heterocycles. The molecule has 152 valence electrons. The molecule has 8 heteroatoms. The van der Waals surface area contributed by atoms with Crippen LogP contribution in [0.15, 0.2) is 69.2 Å².